The number of aliphatic carboxylic acids is 1. The van der Waals surface area contributed by atoms with Gasteiger partial charge < -0.3 is 15.2 Å². The summed E-state index contributed by atoms with van der Waals surface area (Å²) in [6.07, 6.45) is 0.515. The maximum Gasteiger partial charge on any atom is 0.325 e. The molecule has 1 fully saturated rings. The van der Waals surface area contributed by atoms with Crippen LogP contribution in [0.4, 0.5) is 10.5 Å². The van der Waals surface area contributed by atoms with Crippen LogP contribution in [0.15, 0.2) is 24.3 Å². The summed E-state index contributed by atoms with van der Waals surface area (Å²) in [7, 11) is 1.54. The number of amides is 3. The Bertz CT molecular complexity index is 587. The predicted octanol–water partition coefficient (Wildman–Crippen LogP) is 0.750. The fourth-order valence-electron chi connectivity index (χ4n) is 2.38. The molecule has 3 amide bonds. The Hall–Kier alpha value is -2.61. The SMILES string of the molecule is COc1ccc(NC(=O)NC(=O)CN2CCC(C(=O)O)C2)cc1. The molecule has 1 heterocycles. The number of urea groups is 1. The Labute approximate surface area is 133 Å². The maximum atomic E-state index is 11.8. The predicted molar refractivity (Wildman–Crippen MR) is 82.3 cm³/mol. The number of ether oxygens (including phenoxy) is 1. The van der Waals surface area contributed by atoms with Crippen LogP contribution in [0.3, 0.4) is 0 Å². The van der Waals surface area contributed by atoms with Crippen molar-refractivity contribution in [1.82, 2.24) is 10.2 Å². The topological polar surface area (TPSA) is 108 Å². The van der Waals surface area contributed by atoms with Crippen molar-refractivity contribution in [1.29, 1.82) is 0 Å². The van der Waals surface area contributed by atoms with Crippen LogP contribution in [-0.4, -0.2) is 54.7 Å². The molecule has 1 aromatic rings. The minimum atomic E-state index is -0.856. The second kappa shape index (κ2) is 7.59. The molecule has 1 aliphatic heterocycles. The normalized spacial score (nSPS) is 17.5. The van der Waals surface area contributed by atoms with Crippen LogP contribution in [-0.2, 0) is 9.59 Å². The van der Waals surface area contributed by atoms with E-state index in [2.05, 4.69) is 10.6 Å². The summed E-state index contributed by atoms with van der Waals surface area (Å²) in [5, 5.41) is 13.7. The molecule has 0 aromatic heterocycles. The van der Waals surface area contributed by atoms with E-state index in [1.54, 1.807) is 36.3 Å². The monoisotopic (exact) mass is 321 g/mol. The highest BCUT2D eigenvalue weighted by molar-refractivity contribution is 6.01. The first kappa shape index (κ1) is 16.8. The zero-order valence-electron chi connectivity index (χ0n) is 12.7. The third-order valence-corrected chi connectivity index (χ3v) is 3.59. The van der Waals surface area contributed by atoms with Crippen molar-refractivity contribution in [2.75, 3.05) is 32.1 Å². The highest BCUT2D eigenvalue weighted by Crippen LogP contribution is 2.16. The molecule has 0 aliphatic carbocycles. The third kappa shape index (κ3) is 4.96. The van der Waals surface area contributed by atoms with Crippen LogP contribution in [0.2, 0.25) is 0 Å². The van der Waals surface area contributed by atoms with Crippen molar-refractivity contribution in [3.05, 3.63) is 24.3 Å². The molecule has 1 aliphatic rings. The van der Waals surface area contributed by atoms with E-state index in [1.807, 2.05) is 0 Å². The molecular weight excluding hydrogens is 302 g/mol. The highest BCUT2D eigenvalue weighted by Gasteiger charge is 2.29. The van der Waals surface area contributed by atoms with Crippen LogP contribution < -0.4 is 15.4 Å². The summed E-state index contributed by atoms with van der Waals surface area (Å²) in [5.74, 6) is -1.11. The van der Waals surface area contributed by atoms with Gasteiger partial charge in [0.05, 0.1) is 19.6 Å². The van der Waals surface area contributed by atoms with Crippen molar-refractivity contribution in [3.63, 3.8) is 0 Å². The first-order valence-electron chi connectivity index (χ1n) is 7.18. The number of hydrogen-bond donors (Lipinski definition) is 3. The van der Waals surface area contributed by atoms with Gasteiger partial charge in [0.2, 0.25) is 5.91 Å². The molecule has 8 heteroatoms. The van der Waals surface area contributed by atoms with Gasteiger partial charge in [-0.3, -0.25) is 19.8 Å². The molecule has 1 atom stereocenters. The third-order valence-electron chi connectivity index (χ3n) is 3.59. The summed E-state index contributed by atoms with van der Waals surface area (Å²) >= 11 is 0. The summed E-state index contributed by atoms with van der Waals surface area (Å²) in [5.41, 5.74) is 0.531. The summed E-state index contributed by atoms with van der Waals surface area (Å²) < 4.78 is 5.01. The lowest BCUT2D eigenvalue weighted by atomic mass is 10.1. The fraction of sp³-hybridized carbons (Fsp3) is 0.400. The molecular formula is C15H19N3O5. The molecule has 23 heavy (non-hydrogen) atoms. The highest BCUT2D eigenvalue weighted by atomic mass is 16.5. The van der Waals surface area contributed by atoms with Crippen LogP contribution in [0.5, 0.6) is 5.75 Å². The van der Waals surface area contributed by atoms with Gasteiger partial charge in [-0.15, -0.1) is 0 Å². The van der Waals surface area contributed by atoms with Gasteiger partial charge >= 0.3 is 12.0 Å². The number of nitrogens with zero attached hydrogens (tertiary/aromatic N) is 1. The first-order valence-corrected chi connectivity index (χ1v) is 7.18. The van der Waals surface area contributed by atoms with Gasteiger partial charge in [-0.05, 0) is 37.2 Å². The van der Waals surface area contributed by atoms with Crippen molar-refractivity contribution in [3.8, 4) is 5.75 Å². The van der Waals surface area contributed by atoms with E-state index in [1.165, 1.54) is 0 Å². The number of likely N-dealkylation sites (tertiary alicyclic amines) is 1. The van der Waals surface area contributed by atoms with Crippen LogP contribution in [0, 0.1) is 5.92 Å². The molecule has 1 aromatic carbocycles. The van der Waals surface area contributed by atoms with E-state index in [9.17, 15) is 14.4 Å². The molecule has 124 valence electrons. The molecule has 3 N–H and O–H groups in total. The van der Waals surface area contributed by atoms with Crippen molar-refractivity contribution in [2.24, 2.45) is 5.92 Å². The standard InChI is InChI=1S/C15H19N3O5/c1-23-12-4-2-11(3-5-12)16-15(22)17-13(19)9-18-7-6-10(8-18)14(20)21/h2-5,10H,6-9H2,1H3,(H,20,21)(H2,16,17,19,22). The summed E-state index contributed by atoms with van der Waals surface area (Å²) in [6.45, 7) is 0.854. The zero-order valence-corrected chi connectivity index (χ0v) is 12.7. The smallest absolute Gasteiger partial charge is 0.325 e. The van der Waals surface area contributed by atoms with Crippen molar-refractivity contribution >= 4 is 23.6 Å². The zero-order chi connectivity index (χ0) is 16.8. The quantitative estimate of drug-likeness (QED) is 0.738. The number of carboxylic acid groups (broad SMARTS) is 1. The maximum absolute atomic E-state index is 11.8. The number of carbonyl (C=O) groups is 3. The van der Waals surface area contributed by atoms with E-state index in [4.69, 9.17) is 9.84 Å². The molecule has 0 radical (unpaired) electrons. The Morgan fingerprint density at radius 1 is 1.30 bits per heavy atom. The molecule has 0 saturated carbocycles. The first-order chi connectivity index (χ1) is 11.0. The molecule has 0 bridgehead atoms. The van der Waals surface area contributed by atoms with Gasteiger partial charge in [-0.2, -0.15) is 0 Å². The lowest BCUT2D eigenvalue weighted by molar-refractivity contribution is -0.141. The van der Waals surface area contributed by atoms with E-state index >= 15 is 0 Å². The van der Waals surface area contributed by atoms with Crippen LogP contribution >= 0.6 is 0 Å². The number of imide groups is 1. The van der Waals surface area contributed by atoms with E-state index in [0.29, 0.717) is 30.9 Å². The Morgan fingerprint density at radius 3 is 2.57 bits per heavy atom. The van der Waals surface area contributed by atoms with Gasteiger partial charge in [0.25, 0.3) is 0 Å². The van der Waals surface area contributed by atoms with Crippen LogP contribution in [0.25, 0.3) is 0 Å². The van der Waals surface area contributed by atoms with Crippen molar-refractivity contribution < 1.29 is 24.2 Å². The van der Waals surface area contributed by atoms with Gasteiger partial charge in [0.15, 0.2) is 0 Å². The Balaban J connectivity index is 1.76. The van der Waals surface area contributed by atoms with Gasteiger partial charge in [-0.25, -0.2) is 4.79 Å². The van der Waals surface area contributed by atoms with Crippen molar-refractivity contribution in [2.45, 2.75) is 6.42 Å². The molecule has 8 nitrogen and oxygen atoms in total. The number of methoxy groups -OCH3 is 1. The molecule has 1 saturated heterocycles. The average Bonchev–Trinajstić information content (AvgIpc) is 2.96. The van der Waals surface area contributed by atoms with E-state index in [-0.39, 0.29) is 6.54 Å². The lowest BCUT2D eigenvalue weighted by Gasteiger charge is -2.14. The van der Waals surface area contributed by atoms with Gasteiger partial charge in [0, 0.05) is 12.2 Å². The average molecular weight is 321 g/mol. The number of anilines is 1. The minimum Gasteiger partial charge on any atom is -0.497 e. The van der Waals surface area contributed by atoms with Crippen LogP contribution in [0.1, 0.15) is 6.42 Å². The Kier molecular flexibility index (Phi) is 5.53. The van der Waals surface area contributed by atoms with Gasteiger partial charge in [0.1, 0.15) is 5.75 Å². The number of nitrogens with one attached hydrogen (secondary N) is 2. The number of carboxylic acids is 1. The lowest BCUT2D eigenvalue weighted by Crippen LogP contribution is -2.41. The van der Waals surface area contributed by atoms with Gasteiger partial charge in [-0.1, -0.05) is 0 Å². The minimum absolute atomic E-state index is 0.000186. The number of carbonyl (C=O) groups excluding carboxylic acids is 2. The molecule has 1 unspecified atom stereocenters. The molecule has 2 rings (SSSR count). The largest absolute Gasteiger partial charge is 0.497 e. The molecule has 0 spiro atoms. The second-order valence-electron chi connectivity index (χ2n) is 5.29. The van der Waals surface area contributed by atoms with E-state index < -0.39 is 23.8 Å². The number of rotatable bonds is 5. The van der Waals surface area contributed by atoms with E-state index in [0.717, 1.165) is 0 Å². The number of benzene rings is 1. The summed E-state index contributed by atoms with van der Waals surface area (Å²) in [6, 6.07) is 6.05. The second-order valence-corrected chi connectivity index (χ2v) is 5.29. The fourth-order valence-corrected chi connectivity index (χ4v) is 2.38. The Morgan fingerprint density at radius 2 is 2.00 bits per heavy atom. The summed E-state index contributed by atoms with van der Waals surface area (Å²) in [4.78, 5) is 36.1. The number of hydrogen-bond acceptors (Lipinski definition) is 5.